The minimum atomic E-state index is -4.79. The smallest absolute Gasteiger partial charge is 0.322 e. The Kier molecular flexibility index (Phi) is 6.06. The largest absolute Gasteiger partial charge is 0.417 e. The number of piperazine rings is 1. The Balaban J connectivity index is 1.69. The van der Waals surface area contributed by atoms with Crippen LogP contribution >= 0.6 is 11.6 Å². The van der Waals surface area contributed by atoms with Crippen LogP contribution in [0.25, 0.3) is 0 Å². The van der Waals surface area contributed by atoms with E-state index in [2.05, 4.69) is 5.32 Å². The van der Waals surface area contributed by atoms with Crippen LogP contribution < -0.4 is 5.32 Å². The summed E-state index contributed by atoms with van der Waals surface area (Å²) in [5.41, 5.74) is -0.684. The summed E-state index contributed by atoms with van der Waals surface area (Å²) >= 11 is 5.79. The molecule has 0 spiro atoms. The van der Waals surface area contributed by atoms with Crippen molar-refractivity contribution in [1.29, 1.82) is 0 Å². The van der Waals surface area contributed by atoms with Crippen LogP contribution in [-0.2, 0) is 16.2 Å². The molecule has 0 bridgehead atoms. The number of amides is 2. The van der Waals surface area contributed by atoms with E-state index in [-0.39, 0.29) is 26.2 Å². The number of carbonyl (C=O) groups excluding carboxylic acids is 1. The molecule has 0 aliphatic carbocycles. The molecule has 0 atom stereocenters. The standard InChI is InChI=1S/C18H17ClF3N3O3S/c19-13-5-7-14(8-6-13)23-17(26)24-9-11-25(12-10-24)29(27,28)16-4-2-1-3-15(16)18(20,21)22/h1-8H,9-12H2,(H,23,26). The van der Waals surface area contributed by atoms with Gasteiger partial charge in [0.25, 0.3) is 0 Å². The molecular weight excluding hydrogens is 431 g/mol. The topological polar surface area (TPSA) is 69.7 Å². The van der Waals surface area contributed by atoms with Gasteiger partial charge in [-0.3, -0.25) is 0 Å². The average molecular weight is 448 g/mol. The van der Waals surface area contributed by atoms with Crippen LogP contribution in [0, 0.1) is 0 Å². The number of alkyl halides is 3. The molecule has 1 N–H and O–H groups in total. The predicted octanol–water partition coefficient (Wildman–Crippen LogP) is 3.90. The molecule has 11 heteroatoms. The third kappa shape index (κ3) is 4.82. The summed E-state index contributed by atoms with van der Waals surface area (Å²) in [6.45, 7) is -0.120. The molecule has 29 heavy (non-hydrogen) atoms. The van der Waals surface area contributed by atoms with Gasteiger partial charge < -0.3 is 10.2 Å². The predicted molar refractivity (Wildman–Crippen MR) is 102 cm³/mol. The van der Waals surface area contributed by atoms with E-state index in [9.17, 15) is 26.4 Å². The molecule has 0 aromatic heterocycles. The number of hydrogen-bond donors (Lipinski definition) is 1. The summed E-state index contributed by atoms with van der Waals surface area (Å²) in [5.74, 6) is 0. The molecule has 1 heterocycles. The first kappa shape index (κ1) is 21.4. The average Bonchev–Trinajstić information content (AvgIpc) is 2.69. The van der Waals surface area contributed by atoms with Crippen molar-refractivity contribution < 1.29 is 26.4 Å². The van der Waals surface area contributed by atoms with Gasteiger partial charge >= 0.3 is 12.2 Å². The number of urea groups is 1. The molecule has 0 saturated carbocycles. The van der Waals surface area contributed by atoms with Crippen molar-refractivity contribution in [1.82, 2.24) is 9.21 Å². The normalized spacial score (nSPS) is 15.9. The summed E-state index contributed by atoms with van der Waals surface area (Å²) in [5, 5.41) is 3.18. The van der Waals surface area contributed by atoms with E-state index in [1.165, 1.54) is 11.0 Å². The molecule has 2 aromatic carbocycles. The van der Waals surface area contributed by atoms with E-state index < -0.39 is 32.7 Å². The number of halogens is 4. The van der Waals surface area contributed by atoms with Crippen LogP contribution in [0.15, 0.2) is 53.4 Å². The zero-order chi connectivity index (χ0) is 21.2. The molecule has 2 aromatic rings. The molecule has 0 unspecified atom stereocenters. The van der Waals surface area contributed by atoms with Crippen LogP contribution in [0.5, 0.6) is 0 Å². The summed E-state index contributed by atoms with van der Waals surface area (Å²) in [6.07, 6.45) is -4.79. The Bertz CT molecular complexity index is 989. The Morgan fingerprint density at radius 1 is 0.966 bits per heavy atom. The highest BCUT2D eigenvalue weighted by atomic mass is 35.5. The molecule has 1 aliphatic rings. The summed E-state index contributed by atoms with van der Waals surface area (Å²) in [6, 6.07) is 10.1. The monoisotopic (exact) mass is 447 g/mol. The molecule has 0 radical (unpaired) electrons. The van der Waals surface area contributed by atoms with Crippen molar-refractivity contribution in [2.75, 3.05) is 31.5 Å². The fourth-order valence-electron chi connectivity index (χ4n) is 2.93. The molecule has 1 aliphatic heterocycles. The van der Waals surface area contributed by atoms with E-state index in [1.807, 2.05) is 0 Å². The van der Waals surface area contributed by atoms with E-state index in [0.29, 0.717) is 10.7 Å². The number of anilines is 1. The van der Waals surface area contributed by atoms with Crippen LogP contribution in [0.3, 0.4) is 0 Å². The SMILES string of the molecule is O=C(Nc1ccc(Cl)cc1)N1CCN(S(=O)(=O)c2ccccc2C(F)(F)F)CC1. The van der Waals surface area contributed by atoms with Crippen molar-refractivity contribution in [2.24, 2.45) is 0 Å². The second-order valence-corrected chi connectivity index (χ2v) is 8.66. The van der Waals surface area contributed by atoms with E-state index in [1.54, 1.807) is 24.3 Å². The molecule has 1 saturated heterocycles. The highest BCUT2D eigenvalue weighted by Crippen LogP contribution is 2.35. The van der Waals surface area contributed by atoms with E-state index >= 15 is 0 Å². The van der Waals surface area contributed by atoms with E-state index in [0.717, 1.165) is 22.5 Å². The molecule has 1 fully saturated rings. The zero-order valence-corrected chi connectivity index (χ0v) is 16.6. The van der Waals surface area contributed by atoms with Crippen LogP contribution in [0.2, 0.25) is 5.02 Å². The first-order chi connectivity index (χ1) is 13.6. The van der Waals surface area contributed by atoms with Gasteiger partial charge in [0, 0.05) is 36.9 Å². The lowest BCUT2D eigenvalue weighted by molar-refractivity contribution is -0.139. The highest BCUT2D eigenvalue weighted by molar-refractivity contribution is 7.89. The van der Waals surface area contributed by atoms with Gasteiger partial charge in [0.1, 0.15) is 0 Å². The molecule has 3 rings (SSSR count). The number of carbonyl (C=O) groups is 1. The second kappa shape index (κ2) is 8.21. The Hall–Kier alpha value is -2.30. The fraction of sp³-hybridized carbons (Fsp3) is 0.278. The molecule has 6 nitrogen and oxygen atoms in total. The maximum atomic E-state index is 13.2. The fourth-order valence-corrected chi connectivity index (χ4v) is 4.69. The van der Waals surface area contributed by atoms with Gasteiger partial charge in [-0.1, -0.05) is 23.7 Å². The number of nitrogens with one attached hydrogen (secondary N) is 1. The number of rotatable bonds is 3. The second-order valence-electron chi connectivity index (χ2n) is 6.32. The zero-order valence-electron chi connectivity index (χ0n) is 15.0. The third-order valence-corrected chi connectivity index (χ3v) is 6.64. The quantitative estimate of drug-likeness (QED) is 0.776. The summed E-state index contributed by atoms with van der Waals surface area (Å²) in [4.78, 5) is 12.9. The van der Waals surface area contributed by atoms with Gasteiger partial charge in [-0.25, -0.2) is 13.2 Å². The molecular formula is C18H17ClF3N3O3S. The molecule has 156 valence electrons. The van der Waals surface area contributed by atoms with Crippen molar-refractivity contribution in [3.05, 3.63) is 59.1 Å². The van der Waals surface area contributed by atoms with Gasteiger partial charge in [0.05, 0.1) is 10.5 Å². The van der Waals surface area contributed by atoms with Crippen LogP contribution in [0.1, 0.15) is 5.56 Å². The Morgan fingerprint density at radius 2 is 1.55 bits per heavy atom. The van der Waals surface area contributed by atoms with Crippen molar-refractivity contribution in [2.45, 2.75) is 11.1 Å². The first-order valence-electron chi connectivity index (χ1n) is 8.57. The van der Waals surface area contributed by atoms with Gasteiger partial charge in [0.15, 0.2) is 0 Å². The van der Waals surface area contributed by atoms with E-state index in [4.69, 9.17) is 11.6 Å². The highest BCUT2D eigenvalue weighted by Gasteiger charge is 2.39. The lowest BCUT2D eigenvalue weighted by Crippen LogP contribution is -2.51. The Labute approximate surface area is 170 Å². The minimum Gasteiger partial charge on any atom is -0.322 e. The van der Waals surface area contributed by atoms with Crippen LogP contribution in [-0.4, -0.2) is 49.8 Å². The van der Waals surface area contributed by atoms with Gasteiger partial charge in [0.2, 0.25) is 10.0 Å². The maximum Gasteiger partial charge on any atom is 0.417 e. The number of benzene rings is 2. The third-order valence-electron chi connectivity index (χ3n) is 4.43. The van der Waals surface area contributed by atoms with Crippen molar-refractivity contribution in [3.8, 4) is 0 Å². The van der Waals surface area contributed by atoms with Crippen molar-refractivity contribution in [3.63, 3.8) is 0 Å². The molecule has 2 amide bonds. The van der Waals surface area contributed by atoms with Gasteiger partial charge in [-0.2, -0.15) is 17.5 Å². The maximum absolute atomic E-state index is 13.2. The number of sulfonamides is 1. The van der Waals surface area contributed by atoms with Gasteiger partial charge in [-0.15, -0.1) is 0 Å². The number of nitrogens with zero attached hydrogens (tertiary/aromatic N) is 2. The Morgan fingerprint density at radius 3 is 2.14 bits per heavy atom. The lowest BCUT2D eigenvalue weighted by Gasteiger charge is -2.34. The van der Waals surface area contributed by atoms with Crippen molar-refractivity contribution >= 4 is 33.3 Å². The summed E-state index contributed by atoms with van der Waals surface area (Å²) in [7, 11) is -4.35. The summed E-state index contributed by atoms with van der Waals surface area (Å²) < 4.78 is 66.0. The first-order valence-corrected chi connectivity index (χ1v) is 10.4. The van der Waals surface area contributed by atoms with Gasteiger partial charge in [-0.05, 0) is 36.4 Å². The van der Waals surface area contributed by atoms with Crippen LogP contribution in [0.4, 0.5) is 23.7 Å². The number of hydrogen-bond acceptors (Lipinski definition) is 3. The minimum absolute atomic E-state index is 0.0485. The lowest BCUT2D eigenvalue weighted by atomic mass is 10.2.